The van der Waals surface area contributed by atoms with Crippen LogP contribution in [0.1, 0.15) is 67.2 Å². The van der Waals surface area contributed by atoms with Crippen LogP contribution in [0.25, 0.3) is 0 Å². The average molecular weight is 628 g/mol. The number of rotatable bonds is 7. The second kappa shape index (κ2) is 12.3. The van der Waals surface area contributed by atoms with E-state index in [1.165, 1.54) is 12.1 Å². The summed E-state index contributed by atoms with van der Waals surface area (Å²) >= 11 is 0. The van der Waals surface area contributed by atoms with E-state index in [1.54, 1.807) is 0 Å². The third-order valence-corrected chi connectivity index (χ3v) is 8.21. The highest BCUT2D eigenvalue weighted by atomic mass is 19.4. The number of hydrogen-bond donors (Lipinski definition) is 2. The van der Waals surface area contributed by atoms with Crippen molar-refractivity contribution in [3.05, 3.63) is 59.2 Å². The SMILES string of the molecule is NC(=O)[C@H]1COCCN1C(=O)N(c1ccc(C2CC2)cc1F)C(C(=O)NC1CCC(F)(F)CC1)c1cnccc1C(F)(F)F. The van der Waals surface area contributed by atoms with Crippen LogP contribution in [0.5, 0.6) is 0 Å². The number of carbonyl (C=O) groups is 3. The number of benzene rings is 1. The van der Waals surface area contributed by atoms with Gasteiger partial charge in [0.2, 0.25) is 17.7 Å². The molecule has 1 aliphatic heterocycles. The monoisotopic (exact) mass is 627 g/mol. The quantitative estimate of drug-likeness (QED) is 0.433. The van der Waals surface area contributed by atoms with Crippen molar-refractivity contribution in [2.24, 2.45) is 5.73 Å². The van der Waals surface area contributed by atoms with Gasteiger partial charge in [0.15, 0.2) is 0 Å². The van der Waals surface area contributed by atoms with E-state index in [1.807, 2.05) is 0 Å². The van der Waals surface area contributed by atoms with Crippen LogP contribution >= 0.6 is 0 Å². The molecule has 9 nitrogen and oxygen atoms in total. The average Bonchev–Trinajstić information content (AvgIpc) is 3.82. The minimum atomic E-state index is -5.03. The third kappa shape index (κ3) is 6.76. The summed E-state index contributed by atoms with van der Waals surface area (Å²) in [7, 11) is 0. The number of primary amides is 1. The Morgan fingerprint density at radius 2 is 1.82 bits per heavy atom. The maximum absolute atomic E-state index is 15.9. The van der Waals surface area contributed by atoms with Crippen molar-refractivity contribution < 1.29 is 45.5 Å². The van der Waals surface area contributed by atoms with Gasteiger partial charge in [0, 0.05) is 43.4 Å². The summed E-state index contributed by atoms with van der Waals surface area (Å²) < 4.78 is 91.8. The molecule has 2 aliphatic carbocycles. The second-order valence-electron chi connectivity index (χ2n) is 11.3. The molecule has 3 aliphatic rings. The van der Waals surface area contributed by atoms with E-state index in [0.29, 0.717) is 16.5 Å². The molecule has 2 aromatic rings. The number of halogens is 6. The molecule has 0 radical (unpaired) electrons. The Bertz CT molecular complexity index is 1410. The molecule has 1 aromatic heterocycles. The van der Waals surface area contributed by atoms with Gasteiger partial charge in [-0.05, 0) is 55.4 Å². The zero-order chi connectivity index (χ0) is 31.8. The van der Waals surface area contributed by atoms with E-state index in [2.05, 4.69) is 10.3 Å². The fourth-order valence-electron chi connectivity index (χ4n) is 5.69. The van der Waals surface area contributed by atoms with Gasteiger partial charge < -0.3 is 20.7 Å². The van der Waals surface area contributed by atoms with Crippen LogP contribution in [0.3, 0.4) is 0 Å². The fourth-order valence-corrected chi connectivity index (χ4v) is 5.69. The number of alkyl halides is 5. The lowest BCUT2D eigenvalue weighted by atomic mass is 9.91. The number of hydrogen-bond acceptors (Lipinski definition) is 5. The van der Waals surface area contributed by atoms with Gasteiger partial charge in [-0.3, -0.25) is 19.5 Å². The molecule has 3 N–H and O–H groups in total. The predicted octanol–water partition coefficient (Wildman–Crippen LogP) is 4.66. The van der Waals surface area contributed by atoms with Crippen molar-refractivity contribution in [2.75, 3.05) is 24.7 Å². The molecular weight excluding hydrogens is 596 g/mol. The molecule has 15 heteroatoms. The maximum atomic E-state index is 15.9. The standard InChI is InChI=1S/C29H31F6N5O4/c30-21-13-17(16-1-2-16)3-4-22(21)40(27(43)39-11-12-44-15-23(39)25(36)41)24(19-14-37-10-7-20(19)29(33,34)35)26(42)38-18-5-8-28(31,32)9-6-18/h3-4,7,10,13-14,16,18,23-24H,1-2,5-6,8-9,11-12,15H2,(H2,36,41)(H,38,42)/t23-,24?/m1/s1. The van der Waals surface area contributed by atoms with E-state index in [4.69, 9.17) is 10.5 Å². The van der Waals surface area contributed by atoms with E-state index >= 15 is 4.39 Å². The van der Waals surface area contributed by atoms with Crippen LogP contribution < -0.4 is 16.0 Å². The highest BCUT2D eigenvalue weighted by Gasteiger charge is 2.46. The number of amides is 4. The molecule has 2 saturated carbocycles. The minimum absolute atomic E-state index is 0.0691. The zero-order valence-electron chi connectivity index (χ0n) is 23.5. The number of pyridine rings is 1. The number of nitrogens with one attached hydrogen (secondary N) is 1. The molecule has 5 rings (SSSR count). The summed E-state index contributed by atoms with van der Waals surface area (Å²) in [5.74, 6) is -6.01. The molecular formula is C29H31F6N5O4. The Hall–Kier alpha value is -3.88. The van der Waals surface area contributed by atoms with Crippen LogP contribution in [-0.4, -0.2) is 65.5 Å². The molecule has 44 heavy (non-hydrogen) atoms. The Kier molecular flexibility index (Phi) is 8.78. The Labute approximate surface area is 248 Å². The lowest BCUT2D eigenvalue weighted by Gasteiger charge is -2.40. The van der Waals surface area contributed by atoms with Gasteiger partial charge >= 0.3 is 12.2 Å². The topological polar surface area (TPSA) is 118 Å². The molecule has 238 valence electrons. The van der Waals surface area contributed by atoms with Gasteiger partial charge in [-0.2, -0.15) is 13.2 Å². The summed E-state index contributed by atoms with van der Waals surface area (Å²) in [6, 6.07) is -1.07. The number of nitrogens with zero attached hydrogens (tertiary/aromatic N) is 3. The van der Waals surface area contributed by atoms with Crippen molar-refractivity contribution in [1.82, 2.24) is 15.2 Å². The summed E-state index contributed by atoms with van der Waals surface area (Å²) in [5, 5.41) is 2.52. The summed E-state index contributed by atoms with van der Waals surface area (Å²) in [4.78, 5) is 45.8. The van der Waals surface area contributed by atoms with Crippen LogP contribution in [0.15, 0.2) is 36.7 Å². The lowest BCUT2D eigenvalue weighted by Crippen LogP contribution is -2.60. The zero-order valence-corrected chi connectivity index (χ0v) is 23.5. The van der Waals surface area contributed by atoms with Gasteiger partial charge in [-0.25, -0.2) is 18.0 Å². The molecule has 1 unspecified atom stereocenters. The van der Waals surface area contributed by atoms with Crippen molar-refractivity contribution in [3.8, 4) is 0 Å². The van der Waals surface area contributed by atoms with Gasteiger partial charge in [0.25, 0.3) is 0 Å². The first-order valence-electron chi connectivity index (χ1n) is 14.2. The van der Waals surface area contributed by atoms with Gasteiger partial charge in [0.05, 0.1) is 24.5 Å². The highest BCUT2D eigenvalue weighted by molar-refractivity contribution is 6.02. The smallest absolute Gasteiger partial charge is 0.377 e. The first-order chi connectivity index (χ1) is 20.8. The van der Waals surface area contributed by atoms with Crippen molar-refractivity contribution in [3.63, 3.8) is 0 Å². The van der Waals surface area contributed by atoms with Crippen LogP contribution in [0.2, 0.25) is 0 Å². The number of aromatic nitrogens is 1. The Morgan fingerprint density at radius 1 is 1.11 bits per heavy atom. The van der Waals surface area contributed by atoms with Crippen LogP contribution in [0, 0.1) is 5.82 Å². The van der Waals surface area contributed by atoms with Gasteiger partial charge in [-0.15, -0.1) is 0 Å². The molecule has 1 saturated heterocycles. The van der Waals surface area contributed by atoms with Gasteiger partial charge in [-0.1, -0.05) is 6.07 Å². The van der Waals surface area contributed by atoms with E-state index in [0.717, 1.165) is 36.2 Å². The first-order valence-corrected chi connectivity index (χ1v) is 14.2. The summed E-state index contributed by atoms with van der Waals surface area (Å²) in [6.45, 7) is -0.637. The molecule has 1 aromatic carbocycles. The number of urea groups is 1. The Morgan fingerprint density at radius 3 is 2.43 bits per heavy atom. The fraction of sp³-hybridized carbons (Fsp3) is 0.517. The van der Waals surface area contributed by atoms with Crippen LogP contribution in [0.4, 0.5) is 36.8 Å². The maximum Gasteiger partial charge on any atom is 0.416 e. The number of ether oxygens (including phenoxy) is 1. The predicted molar refractivity (Wildman–Crippen MR) is 144 cm³/mol. The van der Waals surface area contributed by atoms with Crippen LogP contribution in [-0.2, 0) is 20.5 Å². The molecule has 2 atom stereocenters. The molecule has 3 fully saturated rings. The molecule has 0 spiro atoms. The number of carbonyl (C=O) groups excluding carboxylic acids is 3. The number of nitrogens with two attached hydrogens (primary N) is 1. The summed E-state index contributed by atoms with van der Waals surface area (Å²) in [5.41, 5.74) is 3.49. The lowest BCUT2D eigenvalue weighted by molar-refractivity contribution is -0.138. The highest BCUT2D eigenvalue weighted by Crippen LogP contribution is 2.43. The second-order valence-corrected chi connectivity index (χ2v) is 11.3. The third-order valence-electron chi connectivity index (χ3n) is 8.21. The molecule has 4 amide bonds. The first kappa shape index (κ1) is 31.5. The van der Waals surface area contributed by atoms with Crippen molar-refractivity contribution >= 4 is 23.5 Å². The van der Waals surface area contributed by atoms with Gasteiger partial charge in [0.1, 0.15) is 17.9 Å². The minimum Gasteiger partial charge on any atom is -0.377 e. The largest absolute Gasteiger partial charge is 0.416 e. The van der Waals surface area contributed by atoms with Crippen molar-refractivity contribution in [1.29, 1.82) is 0 Å². The van der Waals surface area contributed by atoms with E-state index in [9.17, 15) is 36.3 Å². The number of anilines is 1. The number of morpholine rings is 1. The molecule has 2 heterocycles. The normalized spacial score (nSPS) is 21.4. The molecule has 0 bridgehead atoms. The van der Waals surface area contributed by atoms with E-state index < -0.39 is 83.5 Å². The van der Waals surface area contributed by atoms with E-state index in [-0.39, 0.29) is 38.5 Å². The Balaban J connectivity index is 1.65. The van der Waals surface area contributed by atoms with Crippen molar-refractivity contribution in [2.45, 2.75) is 74.7 Å². The summed E-state index contributed by atoms with van der Waals surface area (Å²) in [6.07, 6.45) is -3.25.